The molecule has 4 heteroatoms. The average molecular weight is 308 g/mol. The zero-order chi connectivity index (χ0) is 15.6. The molecule has 2 rings (SSSR count). The predicted octanol–water partition coefficient (Wildman–Crippen LogP) is 4.73. The maximum atomic E-state index is 14.2. The normalized spacial score (nSPS) is 13.8. The minimum atomic E-state index is -0.726. The van der Waals surface area contributed by atoms with Crippen LogP contribution in [0.4, 0.5) is 10.1 Å². The van der Waals surface area contributed by atoms with E-state index in [1.807, 2.05) is 43.1 Å². The van der Waals surface area contributed by atoms with Crippen LogP contribution < -0.4 is 4.90 Å². The molecule has 112 valence electrons. The molecular weight excluding hydrogens is 289 g/mol. The molecule has 0 heterocycles. The van der Waals surface area contributed by atoms with E-state index in [9.17, 15) is 9.50 Å². The van der Waals surface area contributed by atoms with E-state index in [1.54, 1.807) is 19.1 Å². The van der Waals surface area contributed by atoms with E-state index in [2.05, 4.69) is 0 Å². The van der Waals surface area contributed by atoms with Gasteiger partial charge in [0.1, 0.15) is 5.82 Å². The van der Waals surface area contributed by atoms with Crippen molar-refractivity contribution in [3.63, 3.8) is 0 Å². The fraction of sp³-hybridized carbons (Fsp3) is 0.294. The number of halogens is 2. The number of hydrogen-bond acceptors (Lipinski definition) is 2. The Morgan fingerprint density at radius 1 is 1.10 bits per heavy atom. The second-order valence-electron chi connectivity index (χ2n) is 5.19. The predicted molar refractivity (Wildman–Crippen MR) is 85.3 cm³/mol. The monoisotopic (exact) mass is 307 g/mol. The molecule has 2 aromatic rings. The highest BCUT2D eigenvalue weighted by atomic mass is 35.5. The Labute approximate surface area is 129 Å². The van der Waals surface area contributed by atoms with Gasteiger partial charge in [-0.3, -0.25) is 0 Å². The lowest BCUT2D eigenvalue weighted by atomic mass is 10.0. The van der Waals surface area contributed by atoms with Crippen LogP contribution in [0.25, 0.3) is 0 Å². The minimum Gasteiger partial charge on any atom is -0.389 e. The van der Waals surface area contributed by atoms with E-state index < -0.39 is 6.10 Å². The summed E-state index contributed by atoms with van der Waals surface area (Å²) in [4.78, 5) is 1.83. The number of nitrogens with zero attached hydrogens (tertiary/aromatic N) is 1. The van der Waals surface area contributed by atoms with Gasteiger partial charge >= 0.3 is 0 Å². The van der Waals surface area contributed by atoms with E-state index in [4.69, 9.17) is 11.6 Å². The lowest BCUT2D eigenvalue weighted by Crippen LogP contribution is -2.24. The first-order valence-corrected chi connectivity index (χ1v) is 7.24. The van der Waals surface area contributed by atoms with Crippen molar-refractivity contribution in [2.45, 2.75) is 26.0 Å². The summed E-state index contributed by atoms with van der Waals surface area (Å²) in [6.45, 7) is 3.63. The molecular formula is C17H19ClFNO. The van der Waals surface area contributed by atoms with Crippen LogP contribution in [0.1, 0.15) is 37.1 Å². The summed E-state index contributed by atoms with van der Waals surface area (Å²) in [5.41, 5.74) is 2.04. The third kappa shape index (κ3) is 3.36. The van der Waals surface area contributed by atoms with Crippen molar-refractivity contribution in [3.05, 3.63) is 64.4 Å². The zero-order valence-corrected chi connectivity index (χ0v) is 13.1. The summed E-state index contributed by atoms with van der Waals surface area (Å²) in [5, 5.41) is 10.5. The van der Waals surface area contributed by atoms with Gasteiger partial charge in [0.05, 0.1) is 17.8 Å². The molecule has 2 unspecified atom stereocenters. The highest BCUT2D eigenvalue weighted by Crippen LogP contribution is 2.33. The number of anilines is 1. The van der Waals surface area contributed by atoms with E-state index in [1.165, 1.54) is 6.07 Å². The Kier molecular flexibility index (Phi) is 4.86. The average Bonchev–Trinajstić information content (AvgIpc) is 2.46. The second kappa shape index (κ2) is 6.46. The molecule has 1 N–H and O–H groups in total. The summed E-state index contributed by atoms with van der Waals surface area (Å²) < 4.78 is 14.2. The van der Waals surface area contributed by atoms with Crippen molar-refractivity contribution in [1.82, 2.24) is 0 Å². The first-order chi connectivity index (χ1) is 9.91. The van der Waals surface area contributed by atoms with E-state index in [-0.39, 0.29) is 11.9 Å². The number of benzene rings is 2. The van der Waals surface area contributed by atoms with Gasteiger partial charge in [0, 0.05) is 17.6 Å². The highest BCUT2D eigenvalue weighted by molar-refractivity contribution is 6.30. The Bertz CT molecular complexity index is 613. The van der Waals surface area contributed by atoms with Gasteiger partial charge in [-0.15, -0.1) is 0 Å². The van der Waals surface area contributed by atoms with Gasteiger partial charge in [0.2, 0.25) is 0 Å². The van der Waals surface area contributed by atoms with Crippen LogP contribution in [0, 0.1) is 5.82 Å². The number of aliphatic hydroxyl groups is 1. The molecule has 21 heavy (non-hydrogen) atoms. The van der Waals surface area contributed by atoms with Crippen molar-refractivity contribution in [1.29, 1.82) is 0 Å². The molecule has 0 saturated heterocycles. The molecule has 0 saturated carbocycles. The van der Waals surface area contributed by atoms with Crippen molar-refractivity contribution in [2.24, 2.45) is 0 Å². The lowest BCUT2D eigenvalue weighted by Gasteiger charge is -2.30. The summed E-state index contributed by atoms with van der Waals surface area (Å²) in [6, 6.07) is 12.2. The maximum Gasteiger partial charge on any atom is 0.146 e. The first kappa shape index (κ1) is 15.8. The van der Waals surface area contributed by atoms with Gasteiger partial charge in [-0.1, -0.05) is 35.9 Å². The van der Waals surface area contributed by atoms with Crippen LogP contribution in [0.5, 0.6) is 0 Å². The van der Waals surface area contributed by atoms with E-state index in [0.717, 1.165) is 5.56 Å². The summed E-state index contributed by atoms with van der Waals surface area (Å²) >= 11 is 5.90. The van der Waals surface area contributed by atoms with Crippen molar-refractivity contribution in [3.8, 4) is 0 Å². The standard InChI is InChI=1S/C17H19ClFNO/c1-11(13-7-9-14(18)10-8-13)20(3)17-15(12(2)21)5-4-6-16(17)19/h4-12,21H,1-3H3. The van der Waals surface area contributed by atoms with Gasteiger partial charge in [-0.05, 0) is 37.6 Å². The van der Waals surface area contributed by atoms with Crippen LogP contribution in [-0.4, -0.2) is 12.2 Å². The Morgan fingerprint density at radius 2 is 1.71 bits per heavy atom. The fourth-order valence-electron chi connectivity index (χ4n) is 2.40. The summed E-state index contributed by atoms with van der Waals surface area (Å²) in [7, 11) is 1.82. The molecule has 0 amide bonds. The number of para-hydroxylation sites is 1. The molecule has 0 aliphatic carbocycles. The molecule has 0 aromatic heterocycles. The highest BCUT2D eigenvalue weighted by Gasteiger charge is 2.20. The third-order valence-electron chi connectivity index (χ3n) is 3.75. The molecule has 0 aliphatic rings. The van der Waals surface area contributed by atoms with Crippen LogP contribution in [0.15, 0.2) is 42.5 Å². The quantitative estimate of drug-likeness (QED) is 0.882. The molecule has 2 aromatic carbocycles. The largest absolute Gasteiger partial charge is 0.389 e. The molecule has 0 aliphatic heterocycles. The SMILES string of the molecule is CC(O)c1cccc(F)c1N(C)C(C)c1ccc(Cl)cc1. The smallest absolute Gasteiger partial charge is 0.146 e. The third-order valence-corrected chi connectivity index (χ3v) is 4.01. The molecule has 0 radical (unpaired) electrons. The van der Waals surface area contributed by atoms with Crippen molar-refractivity contribution >= 4 is 17.3 Å². The molecule has 0 spiro atoms. The van der Waals surface area contributed by atoms with Crippen LogP contribution in [0.3, 0.4) is 0 Å². The summed E-state index contributed by atoms with van der Waals surface area (Å²) in [6.07, 6.45) is -0.726. The van der Waals surface area contributed by atoms with Gasteiger partial charge in [-0.2, -0.15) is 0 Å². The van der Waals surface area contributed by atoms with Crippen LogP contribution in [-0.2, 0) is 0 Å². The minimum absolute atomic E-state index is 0.0448. The lowest BCUT2D eigenvalue weighted by molar-refractivity contribution is 0.199. The Morgan fingerprint density at radius 3 is 2.29 bits per heavy atom. The maximum absolute atomic E-state index is 14.2. The van der Waals surface area contributed by atoms with Crippen molar-refractivity contribution < 1.29 is 9.50 Å². The first-order valence-electron chi connectivity index (χ1n) is 6.86. The van der Waals surface area contributed by atoms with Crippen LogP contribution in [0.2, 0.25) is 5.02 Å². The van der Waals surface area contributed by atoms with Gasteiger partial charge < -0.3 is 10.0 Å². The van der Waals surface area contributed by atoms with Gasteiger partial charge in [0.15, 0.2) is 0 Å². The summed E-state index contributed by atoms with van der Waals surface area (Å²) in [5.74, 6) is -0.336. The van der Waals surface area contributed by atoms with Crippen LogP contribution >= 0.6 is 11.6 Å². The zero-order valence-electron chi connectivity index (χ0n) is 12.3. The van der Waals surface area contributed by atoms with Gasteiger partial charge in [0.25, 0.3) is 0 Å². The number of hydrogen-bond donors (Lipinski definition) is 1. The number of aliphatic hydroxyl groups excluding tert-OH is 1. The number of rotatable bonds is 4. The van der Waals surface area contributed by atoms with Crippen molar-refractivity contribution in [2.75, 3.05) is 11.9 Å². The topological polar surface area (TPSA) is 23.5 Å². The van der Waals surface area contributed by atoms with E-state index in [0.29, 0.717) is 16.3 Å². The Balaban J connectivity index is 2.39. The van der Waals surface area contributed by atoms with E-state index >= 15 is 0 Å². The van der Waals surface area contributed by atoms with Gasteiger partial charge in [-0.25, -0.2) is 4.39 Å². The molecule has 0 fully saturated rings. The second-order valence-corrected chi connectivity index (χ2v) is 5.63. The molecule has 2 nitrogen and oxygen atoms in total. The fourth-order valence-corrected chi connectivity index (χ4v) is 2.53. The molecule has 2 atom stereocenters. The molecule has 0 bridgehead atoms. The Hall–Kier alpha value is -1.58.